The van der Waals surface area contributed by atoms with E-state index in [-0.39, 0.29) is 11.6 Å². The summed E-state index contributed by atoms with van der Waals surface area (Å²) in [4.78, 5) is 19.4. The van der Waals surface area contributed by atoms with Gasteiger partial charge in [-0.2, -0.15) is 0 Å². The topological polar surface area (TPSA) is 90.7 Å². The molecule has 0 aliphatic heterocycles. The first-order valence-corrected chi connectivity index (χ1v) is 7.33. The van der Waals surface area contributed by atoms with Crippen molar-refractivity contribution in [3.8, 4) is 5.88 Å². The van der Waals surface area contributed by atoms with Gasteiger partial charge in [0.25, 0.3) is 5.91 Å². The molecule has 6 heteroatoms. The Kier molecular flexibility index (Phi) is 3.28. The van der Waals surface area contributed by atoms with Crippen molar-refractivity contribution in [2.45, 2.75) is 0 Å². The predicted octanol–water partition coefficient (Wildman–Crippen LogP) is 4.35. The van der Waals surface area contributed by atoms with Crippen LogP contribution in [0.2, 0.25) is 0 Å². The minimum atomic E-state index is -0.488. The normalized spacial score (nSPS) is 11.5. The van der Waals surface area contributed by atoms with Gasteiger partial charge in [0.1, 0.15) is 0 Å². The fourth-order valence-electron chi connectivity index (χ4n) is 2.65. The molecule has 24 heavy (non-hydrogen) atoms. The van der Waals surface area contributed by atoms with Gasteiger partial charge >= 0.3 is 0 Å². The van der Waals surface area contributed by atoms with Crippen molar-refractivity contribution in [3.63, 3.8) is 0 Å². The summed E-state index contributed by atoms with van der Waals surface area (Å²) in [6, 6.07) is 16.2. The highest BCUT2D eigenvalue weighted by molar-refractivity contribution is 6.06. The van der Waals surface area contributed by atoms with Gasteiger partial charge in [-0.1, -0.05) is 36.4 Å². The summed E-state index contributed by atoms with van der Waals surface area (Å²) in [6.07, 6.45) is 1.56. The number of hydrogen-bond acceptors (Lipinski definition) is 4. The maximum atomic E-state index is 12.4. The Labute approximate surface area is 136 Å². The Morgan fingerprint density at radius 2 is 1.75 bits per heavy atom. The van der Waals surface area contributed by atoms with Crippen LogP contribution in [0.4, 0.5) is 5.69 Å². The molecule has 0 spiro atoms. The molecule has 4 rings (SSSR count). The van der Waals surface area contributed by atoms with E-state index in [1.807, 2.05) is 42.5 Å². The molecule has 0 saturated carbocycles. The number of para-hydroxylation sites is 2. The molecule has 1 amide bonds. The van der Waals surface area contributed by atoms with Gasteiger partial charge in [0.15, 0.2) is 5.69 Å². The molecule has 6 nitrogen and oxygen atoms in total. The molecule has 0 radical (unpaired) electrons. The van der Waals surface area contributed by atoms with Crippen LogP contribution in [0, 0.1) is 0 Å². The summed E-state index contributed by atoms with van der Waals surface area (Å²) in [5, 5.41) is 19.1. The number of carbonyl (C=O) groups excluding carboxylic acids is 1. The standard InChI is InChI=1S/C18H12N4O2/c23-17(12-9-10-19-14-7-3-1-5-11(12)14)22-21-16-13-6-2-4-8-15(13)20-18(16)24/h1-10,20,24H. The lowest BCUT2D eigenvalue weighted by molar-refractivity contribution is 0.0996. The number of nitrogens with zero attached hydrogens (tertiary/aromatic N) is 3. The van der Waals surface area contributed by atoms with E-state index >= 15 is 0 Å². The number of aromatic nitrogens is 2. The van der Waals surface area contributed by atoms with Crippen molar-refractivity contribution in [1.29, 1.82) is 0 Å². The third-order valence-electron chi connectivity index (χ3n) is 3.78. The maximum Gasteiger partial charge on any atom is 0.296 e. The van der Waals surface area contributed by atoms with Gasteiger partial charge in [0.05, 0.1) is 16.6 Å². The largest absolute Gasteiger partial charge is 0.493 e. The Balaban J connectivity index is 1.75. The second-order valence-electron chi connectivity index (χ2n) is 5.25. The third-order valence-corrected chi connectivity index (χ3v) is 3.78. The second-order valence-corrected chi connectivity index (χ2v) is 5.25. The van der Waals surface area contributed by atoms with Crippen LogP contribution in [0.25, 0.3) is 21.8 Å². The monoisotopic (exact) mass is 316 g/mol. The Bertz CT molecular complexity index is 1090. The number of aromatic hydroxyl groups is 1. The number of amides is 1. The average molecular weight is 316 g/mol. The Morgan fingerprint density at radius 1 is 1.00 bits per heavy atom. The first-order chi connectivity index (χ1) is 11.7. The fourth-order valence-corrected chi connectivity index (χ4v) is 2.65. The zero-order valence-corrected chi connectivity index (χ0v) is 12.5. The fraction of sp³-hybridized carbons (Fsp3) is 0. The molecule has 0 bridgehead atoms. The number of pyridine rings is 1. The Morgan fingerprint density at radius 3 is 2.62 bits per heavy atom. The molecule has 2 heterocycles. The van der Waals surface area contributed by atoms with E-state index in [4.69, 9.17) is 0 Å². The zero-order chi connectivity index (χ0) is 16.5. The number of carbonyl (C=O) groups is 1. The molecule has 0 fully saturated rings. The van der Waals surface area contributed by atoms with E-state index in [0.717, 1.165) is 5.52 Å². The number of fused-ring (bicyclic) bond motifs is 2. The van der Waals surface area contributed by atoms with Crippen molar-refractivity contribution in [2.75, 3.05) is 0 Å². The summed E-state index contributed by atoms with van der Waals surface area (Å²) in [6.45, 7) is 0. The SMILES string of the molecule is O=C(N=Nc1c(O)[nH]c2ccccc12)c1ccnc2ccccc12. The van der Waals surface area contributed by atoms with Crippen molar-refractivity contribution in [2.24, 2.45) is 10.2 Å². The number of aromatic amines is 1. The highest BCUT2D eigenvalue weighted by atomic mass is 16.3. The molecule has 0 unspecified atom stereocenters. The maximum absolute atomic E-state index is 12.4. The van der Waals surface area contributed by atoms with E-state index in [1.165, 1.54) is 0 Å². The minimum Gasteiger partial charge on any atom is -0.493 e. The highest BCUT2D eigenvalue weighted by Crippen LogP contribution is 2.35. The average Bonchev–Trinajstić information content (AvgIpc) is 2.94. The van der Waals surface area contributed by atoms with E-state index < -0.39 is 5.91 Å². The molecular formula is C18H12N4O2. The quantitative estimate of drug-likeness (QED) is 0.539. The van der Waals surface area contributed by atoms with E-state index in [9.17, 15) is 9.90 Å². The number of nitrogens with one attached hydrogen (secondary N) is 1. The van der Waals surface area contributed by atoms with Crippen LogP contribution in [0.15, 0.2) is 71.0 Å². The number of hydrogen-bond donors (Lipinski definition) is 2. The molecule has 2 aromatic heterocycles. The summed E-state index contributed by atoms with van der Waals surface area (Å²) < 4.78 is 0. The minimum absolute atomic E-state index is 0.118. The number of H-pyrrole nitrogens is 1. The lowest BCUT2D eigenvalue weighted by atomic mass is 10.1. The molecular weight excluding hydrogens is 304 g/mol. The van der Waals surface area contributed by atoms with Gasteiger partial charge in [0.2, 0.25) is 5.88 Å². The van der Waals surface area contributed by atoms with Crippen molar-refractivity contribution in [3.05, 3.63) is 66.4 Å². The van der Waals surface area contributed by atoms with Gasteiger partial charge in [-0.05, 0) is 18.2 Å². The van der Waals surface area contributed by atoms with Gasteiger partial charge < -0.3 is 10.1 Å². The van der Waals surface area contributed by atoms with Crippen LogP contribution in [0.1, 0.15) is 10.4 Å². The number of azo groups is 1. The molecule has 2 aromatic carbocycles. The number of benzene rings is 2. The molecule has 2 N–H and O–H groups in total. The lowest BCUT2D eigenvalue weighted by Gasteiger charge is -2.00. The molecule has 0 aliphatic rings. The molecule has 4 aromatic rings. The number of rotatable bonds is 2. The van der Waals surface area contributed by atoms with Crippen molar-refractivity contribution >= 4 is 33.4 Å². The molecule has 0 atom stereocenters. The van der Waals surface area contributed by atoms with Gasteiger partial charge in [0, 0.05) is 17.0 Å². The third kappa shape index (κ3) is 2.30. The molecule has 116 valence electrons. The van der Waals surface area contributed by atoms with Crippen LogP contribution >= 0.6 is 0 Å². The van der Waals surface area contributed by atoms with Gasteiger partial charge in [-0.15, -0.1) is 10.2 Å². The van der Waals surface area contributed by atoms with Crippen LogP contribution < -0.4 is 0 Å². The van der Waals surface area contributed by atoms with Crippen LogP contribution in [-0.4, -0.2) is 21.0 Å². The summed E-state index contributed by atoms with van der Waals surface area (Å²) in [7, 11) is 0. The summed E-state index contributed by atoms with van der Waals surface area (Å²) in [5.41, 5.74) is 2.11. The summed E-state index contributed by atoms with van der Waals surface area (Å²) in [5.74, 6) is -0.606. The molecule has 0 saturated heterocycles. The first-order valence-electron chi connectivity index (χ1n) is 7.33. The second kappa shape index (κ2) is 5.58. The lowest BCUT2D eigenvalue weighted by Crippen LogP contribution is -1.96. The predicted molar refractivity (Wildman–Crippen MR) is 90.6 cm³/mol. The summed E-state index contributed by atoms with van der Waals surface area (Å²) >= 11 is 0. The van der Waals surface area contributed by atoms with E-state index in [0.29, 0.717) is 21.9 Å². The Hall–Kier alpha value is -3.54. The van der Waals surface area contributed by atoms with E-state index in [2.05, 4.69) is 20.2 Å². The van der Waals surface area contributed by atoms with Crippen LogP contribution in [0.5, 0.6) is 5.88 Å². The first kappa shape index (κ1) is 14.1. The van der Waals surface area contributed by atoms with Crippen LogP contribution in [0.3, 0.4) is 0 Å². The van der Waals surface area contributed by atoms with Crippen molar-refractivity contribution < 1.29 is 9.90 Å². The highest BCUT2D eigenvalue weighted by Gasteiger charge is 2.12. The van der Waals surface area contributed by atoms with Gasteiger partial charge in [-0.25, -0.2) is 0 Å². The van der Waals surface area contributed by atoms with Crippen LogP contribution in [-0.2, 0) is 0 Å². The zero-order valence-electron chi connectivity index (χ0n) is 12.5. The smallest absolute Gasteiger partial charge is 0.296 e. The van der Waals surface area contributed by atoms with Gasteiger partial charge in [-0.3, -0.25) is 9.78 Å². The van der Waals surface area contributed by atoms with E-state index in [1.54, 1.807) is 18.3 Å². The van der Waals surface area contributed by atoms with Crippen molar-refractivity contribution in [1.82, 2.24) is 9.97 Å². The molecule has 0 aliphatic carbocycles.